The van der Waals surface area contributed by atoms with E-state index in [0.717, 1.165) is 45.9 Å². The minimum atomic E-state index is -0.0488. The van der Waals surface area contributed by atoms with E-state index in [1.807, 2.05) is 0 Å². The van der Waals surface area contributed by atoms with Crippen LogP contribution in [0.1, 0.15) is 54.1 Å². The zero-order valence-electron chi connectivity index (χ0n) is 32.6. The maximum Gasteiger partial charge on any atom is 0.155 e. The molecule has 1 unspecified atom stereocenters. The molecule has 1 aliphatic heterocycles. The molecule has 0 bridgehead atoms. The van der Waals surface area contributed by atoms with E-state index >= 15 is 0 Å². The van der Waals surface area contributed by atoms with Crippen molar-refractivity contribution in [2.24, 2.45) is 9.98 Å². The maximum absolute atomic E-state index is 5.27. The van der Waals surface area contributed by atoms with Crippen LogP contribution in [-0.2, 0) is 5.41 Å². The number of benzene rings is 8. The molecule has 3 heteroatoms. The van der Waals surface area contributed by atoms with Crippen molar-refractivity contribution in [2.75, 3.05) is 0 Å². The number of hydrogen-bond donors (Lipinski definition) is 0. The Morgan fingerprint density at radius 2 is 1.12 bits per heavy atom. The van der Waals surface area contributed by atoms with Crippen LogP contribution in [0.2, 0.25) is 0 Å². The van der Waals surface area contributed by atoms with Gasteiger partial charge in [-0.15, -0.1) is 0 Å². The fourth-order valence-corrected chi connectivity index (χ4v) is 9.45. The van der Waals surface area contributed by atoms with Gasteiger partial charge in [0.25, 0.3) is 0 Å². The summed E-state index contributed by atoms with van der Waals surface area (Å²) in [5.74, 6) is 0.770. The number of aliphatic imine (C=N–C) groups is 2. The predicted octanol–water partition coefficient (Wildman–Crippen LogP) is 13.8. The lowest BCUT2D eigenvalue weighted by Gasteiger charge is -2.21. The predicted molar refractivity (Wildman–Crippen MR) is 243 cm³/mol. The zero-order chi connectivity index (χ0) is 38.8. The van der Waals surface area contributed by atoms with Crippen molar-refractivity contribution in [3.63, 3.8) is 0 Å². The molecule has 2 aliphatic rings. The van der Waals surface area contributed by atoms with E-state index in [1.54, 1.807) is 0 Å². The molecule has 0 spiro atoms. The van der Waals surface area contributed by atoms with Crippen LogP contribution in [0.25, 0.3) is 60.9 Å². The number of nitrogens with zero attached hydrogens (tertiary/aromatic N) is 3. The monoisotopic (exact) mass is 743 g/mol. The van der Waals surface area contributed by atoms with Gasteiger partial charge in [0.05, 0.1) is 22.8 Å². The summed E-state index contributed by atoms with van der Waals surface area (Å²) in [5, 5.41) is 2.47. The van der Waals surface area contributed by atoms with Crippen molar-refractivity contribution in [1.29, 1.82) is 0 Å². The third kappa shape index (κ3) is 5.57. The van der Waals surface area contributed by atoms with Crippen LogP contribution in [-0.4, -0.2) is 16.1 Å². The molecular weight excluding hydrogens is 703 g/mol. The summed E-state index contributed by atoms with van der Waals surface area (Å²) in [4.78, 5) is 10.5. The lowest BCUT2D eigenvalue weighted by Crippen LogP contribution is -2.17. The number of fused-ring (bicyclic) bond motifs is 6. The quantitative estimate of drug-likeness (QED) is 0.162. The van der Waals surface area contributed by atoms with Gasteiger partial charge in [-0.2, -0.15) is 0 Å². The van der Waals surface area contributed by atoms with E-state index in [9.17, 15) is 0 Å². The van der Waals surface area contributed by atoms with Gasteiger partial charge >= 0.3 is 0 Å². The van der Waals surface area contributed by atoms with Crippen LogP contribution in [0.4, 0.5) is 0 Å². The molecule has 58 heavy (non-hydrogen) atoms. The van der Waals surface area contributed by atoms with Crippen LogP contribution in [0.3, 0.4) is 0 Å². The molecule has 1 aliphatic carbocycles. The Morgan fingerprint density at radius 3 is 1.95 bits per heavy atom. The first-order valence-corrected chi connectivity index (χ1v) is 20.3. The molecule has 1 aromatic heterocycles. The SMILES string of the molecule is CC1(C)c2ccccc2-c2c(-c3ccc4c(c3)c3ccc(-c5cccc(C6=NC(c7ccccc7)CC(c7ccccc7)=N6)c5)cc3n4-c3ccccc3)cccc21. The highest BCUT2D eigenvalue weighted by Gasteiger charge is 2.36. The summed E-state index contributed by atoms with van der Waals surface area (Å²) in [5.41, 5.74) is 18.2. The third-order valence-corrected chi connectivity index (χ3v) is 12.4. The van der Waals surface area contributed by atoms with E-state index in [2.05, 4.69) is 213 Å². The highest BCUT2D eigenvalue weighted by molar-refractivity contribution is 6.15. The number of rotatable bonds is 6. The third-order valence-electron chi connectivity index (χ3n) is 12.4. The Hall–Kier alpha value is -7.10. The Labute approximate surface area is 339 Å². The highest BCUT2D eigenvalue weighted by Crippen LogP contribution is 2.52. The minimum absolute atomic E-state index is 0.00596. The van der Waals surface area contributed by atoms with Crippen LogP contribution in [0, 0.1) is 0 Å². The minimum Gasteiger partial charge on any atom is -0.309 e. The molecule has 0 amide bonds. The zero-order valence-corrected chi connectivity index (χ0v) is 32.6. The molecular formula is C55H41N3. The lowest BCUT2D eigenvalue weighted by molar-refractivity contribution is 0.660. The van der Waals surface area contributed by atoms with Gasteiger partial charge in [-0.3, -0.25) is 4.99 Å². The first-order chi connectivity index (χ1) is 28.5. The van der Waals surface area contributed by atoms with Gasteiger partial charge in [0.1, 0.15) is 0 Å². The summed E-state index contributed by atoms with van der Waals surface area (Å²) in [6.07, 6.45) is 0.762. The van der Waals surface area contributed by atoms with Gasteiger partial charge < -0.3 is 4.57 Å². The maximum atomic E-state index is 5.27. The average Bonchev–Trinajstić information content (AvgIpc) is 3.74. The normalized spacial score (nSPS) is 15.5. The van der Waals surface area contributed by atoms with Crippen molar-refractivity contribution in [3.8, 4) is 39.1 Å². The van der Waals surface area contributed by atoms with E-state index in [4.69, 9.17) is 9.98 Å². The van der Waals surface area contributed by atoms with Gasteiger partial charge in [-0.1, -0.05) is 172 Å². The molecule has 8 aromatic carbocycles. The molecule has 0 radical (unpaired) electrons. The number of aromatic nitrogens is 1. The second kappa shape index (κ2) is 13.5. The van der Waals surface area contributed by atoms with Crippen molar-refractivity contribution in [1.82, 2.24) is 4.57 Å². The largest absolute Gasteiger partial charge is 0.309 e. The Balaban J connectivity index is 1.05. The summed E-state index contributed by atoms with van der Waals surface area (Å²) in [7, 11) is 0. The standard InChI is InChI=1S/C55H41N3/c1-55(2)47-26-13-12-24-45(47)53-43(25-15-27-48(53)55)40-29-31-51-46(33-40)44-30-28-39(34-52(44)58(51)42-22-10-5-11-23-42)38-20-14-21-41(32-38)54-56-49(36-16-6-3-7-17-36)35-50(57-54)37-18-8-4-9-19-37/h3-34,49H,35H2,1-2H3. The van der Waals surface area contributed by atoms with Crippen LogP contribution in [0.5, 0.6) is 0 Å². The molecule has 276 valence electrons. The van der Waals surface area contributed by atoms with E-state index < -0.39 is 0 Å². The van der Waals surface area contributed by atoms with Crippen molar-refractivity contribution in [2.45, 2.75) is 31.7 Å². The number of para-hydroxylation sites is 1. The lowest BCUT2D eigenvalue weighted by atomic mass is 9.82. The second-order valence-electron chi connectivity index (χ2n) is 16.1. The van der Waals surface area contributed by atoms with Crippen LogP contribution in [0.15, 0.2) is 204 Å². The summed E-state index contributed by atoms with van der Waals surface area (Å²) < 4.78 is 2.42. The first-order valence-electron chi connectivity index (χ1n) is 20.3. The smallest absolute Gasteiger partial charge is 0.155 e. The van der Waals surface area contributed by atoms with Gasteiger partial charge in [-0.25, -0.2) is 4.99 Å². The Morgan fingerprint density at radius 1 is 0.483 bits per heavy atom. The van der Waals surface area contributed by atoms with Crippen LogP contribution < -0.4 is 0 Å². The van der Waals surface area contributed by atoms with Crippen molar-refractivity contribution >= 4 is 33.4 Å². The highest BCUT2D eigenvalue weighted by atomic mass is 15.0. The fourth-order valence-electron chi connectivity index (χ4n) is 9.45. The van der Waals surface area contributed by atoms with Crippen molar-refractivity contribution < 1.29 is 0 Å². The Kier molecular flexibility index (Phi) is 7.97. The van der Waals surface area contributed by atoms with Crippen molar-refractivity contribution in [3.05, 3.63) is 222 Å². The summed E-state index contributed by atoms with van der Waals surface area (Å²) >= 11 is 0. The van der Waals surface area contributed by atoms with E-state index in [0.29, 0.717) is 0 Å². The first kappa shape index (κ1) is 34.2. The molecule has 9 aromatic rings. The van der Waals surface area contributed by atoms with Gasteiger partial charge in [-0.05, 0) is 92.0 Å². The number of amidine groups is 1. The van der Waals surface area contributed by atoms with Gasteiger partial charge in [0.2, 0.25) is 0 Å². The Bertz CT molecular complexity index is 3100. The number of hydrogen-bond acceptors (Lipinski definition) is 2. The molecule has 0 fully saturated rings. The second-order valence-corrected chi connectivity index (χ2v) is 16.1. The fraction of sp³-hybridized carbons (Fsp3) is 0.0909. The van der Waals surface area contributed by atoms with Crippen LogP contribution >= 0.6 is 0 Å². The van der Waals surface area contributed by atoms with Gasteiger partial charge in [0, 0.05) is 33.9 Å². The molecule has 0 N–H and O–H groups in total. The molecule has 3 nitrogen and oxygen atoms in total. The molecule has 0 saturated carbocycles. The molecule has 1 atom stereocenters. The molecule has 0 saturated heterocycles. The average molecular weight is 744 g/mol. The summed E-state index contributed by atoms with van der Waals surface area (Å²) in [6.45, 7) is 4.70. The summed E-state index contributed by atoms with van der Waals surface area (Å²) in [6, 6.07) is 70.3. The topological polar surface area (TPSA) is 29.6 Å². The molecule has 11 rings (SSSR count). The van der Waals surface area contributed by atoms with E-state index in [-0.39, 0.29) is 11.5 Å². The molecule has 2 heterocycles. The van der Waals surface area contributed by atoms with Gasteiger partial charge in [0.15, 0.2) is 5.84 Å². The van der Waals surface area contributed by atoms with E-state index in [1.165, 1.54) is 60.8 Å².